The fraction of sp³-hybridized carbons (Fsp3) is 0.840. The molecular formula is C25H46BrN2O2-. The van der Waals surface area contributed by atoms with Crippen LogP contribution >= 0.6 is 0 Å². The molecule has 1 unspecified atom stereocenters. The van der Waals surface area contributed by atoms with Crippen LogP contribution in [0.5, 0.6) is 0 Å². The number of imidazole rings is 1. The van der Waals surface area contributed by atoms with Crippen molar-refractivity contribution in [2.45, 2.75) is 129 Å². The maximum atomic E-state index is 11.7. The molecule has 0 aliphatic heterocycles. The molecule has 4 nitrogen and oxygen atoms in total. The van der Waals surface area contributed by atoms with Gasteiger partial charge < -0.3 is 26.3 Å². The molecule has 0 saturated heterocycles. The first kappa shape index (κ1) is 29.2. The van der Waals surface area contributed by atoms with E-state index in [1.807, 2.05) is 12.5 Å². The second-order valence-corrected chi connectivity index (χ2v) is 8.45. The summed E-state index contributed by atoms with van der Waals surface area (Å²) in [5, 5.41) is 0. The molecule has 1 aromatic heterocycles. The standard InChI is InChI=1S/C25H46N2O2.BrH/c1-3-5-7-8-9-10-11-12-13-14-17-24(27-21-20-26-23-27)18-15-16-19-25(28)29-22-6-4-2;/h20-21,23-24H,3-19,22H2,1-2H3;1H/p-1. The molecule has 1 atom stereocenters. The molecule has 0 aliphatic rings. The lowest BCUT2D eigenvalue weighted by molar-refractivity contribution is -0.143. The maximum Gasteiger partial charge on any atom is 0.305 e. The van der Waals surface area contributed by atoms with E-state index in [-0.39, 0.29) is 23.0 Å². The first-order chi connectivity index (χ1) is 14.3. The number of carbonyl (C=O) groups is 1. The van der Waals surface area contributed by atoms with Crippen molar-refractivity contribution in [3.8, 4) is 0 Å². The first-order valence-electron chi connectivity index (χ1n) is 12.4. The fourth-order valence-corrected chi connectivity index (χ4v) is 3.85. The minimum absolute atomic E-state index is 0. The van der Waals surface area contributed by atoms with Crippen LogP contribution in [0.4, 0.5) is 0 Å². The molecule has 0 saturated carbocycles. The number of halogens is 1. The van der Waals surface area contributed by atoms with Gasteiger partial charge in [-0.2, -0.15) is 0 Å². The van der Waals surface area contributed by atoms with Crippen molar-refractivity contribution >= 4 is 5.97 Å². The van der Waals surface area contributed by atoms with Crippen molar-refractivity contribution in [1.82, 2.24) is 9.55 Å². The Kier molecular flexibility index (Phi) is 20.8. The number of carbonyl (C=O) groups excluding carboxylic acids is 1. The summed E-state index contributed by atoms with van der Waals surface area (Å²) < 4.78 is 7.50. The summed E-state index contributed by atoms with van der Waals surface area (Å²) in [6, 6.07) is 0.516. The minimum Gasteiger partial charge on any atom is -1.00 e. The molecule has 0 amide bonds. The molecule has 0 radical (unpaired) electrons. The average molecular weight is 487 g/mol. The smallest absolute Gasteiger partial charge is 0.305 e. The summed E-state index contributed by atoms with van der Waals surface area (Å²) in [4.78, 5) is 16.0. The molecule has 0 aliphatic carbocycles. The average Bonchev–Trinajstić information content (AvgIpc) is 3.26. The summed E-state index contributed by atoms with van der Waals surface area (Å²) in [5.74, 6) is -0.0349. The van der Waals surface area contributed by atoms with Gasteiger partial charge in [-0.25, -0.2) is 4.98 Å². The Labute approximate surface area is 196 Å². The Morgan fingerprint density at radius 3 is 1.97 bits per heavy atom. The van der Waals surface area contributed by atoms with Crippen molar-refractivity contribution in [2.75, 3.05) is 6.61 Å². The summed E-state index contributed by atoms with van der Waals surface area (Å²) in [6.45, 7) is 4.96. The predicted octanol–water partition coefficient (Wildman–Crippen LogP) is 4.64. The van der Waals surface area contributed by atoms with E-state index in [0.29, 0.717) is 19.1 Å². The van der Waals surface area contributed by atoms with Crippen molar-refractivity contribution < 1.29 is 26.5 Å². The summed E-state index contributed by atoms with van der Waals surface area (Å²) in [5.41, 5.74) is 0. The predicted molar refractivity (Wildman–Crippen MR) is 122 cm³/mol. The van der Waals surface area contributed by atoms with Crippen LogP contribution in [0.3, 0.4) is 0 Å². The Bertz CT molecular complexity index is 480. The second-order valence-electron chi connectivity index (χ2n) is 8.45. The third kappa shape index (κ3) is 15.9. The second kappa shape index (κ2) is 21.4. The fourth-order valence-electron chi connectivity index (χ4n) is 3.85. The third-order valence-corrected chi connectivity index (χ3v) is 5.77. The molecule has 1 heterocycles. The zero-order chi connectivity index (χ0) is 21.0. The lowest BCUT2D eigenvalue weighted by atomic mass is 10.00. The number of rotatable bonds is 20. The normalized spacial score (nSPS) is 11.8. The monoisotopic (exact) mass is 485 g/mol. The van der Waals surface area contributed by atoms with Crippen molar-refractivity contribution in [2.24, 2.45) is 0 Å². The van der Waals surface area contributed by atoms with Gasteiger partial charge in [0.15, 0.2) is 0 Å². The first-order valence-corrected chi connectivity index (χ1v) is 12.4. The molecule has 1 rings (SSSR count). The lowest BCUT2D eigenvalue weighted by Gasteiger charge is -2.18. The van der Waals surface area contributed by atoms with Gasteiger partial charge in [0.05, 0.1) is 12.9 Å². The van der Waals surface area contributed by atoms with E-state index < -0.39 is 0 Å². The van der Waals surface area contributed by atoms with Crippen LogP contribution in [0.25, 0.3) is 0 Å². The van der Waals surface area contributed by atoms with E-state index in [1.165, 1.54) is 70.6 Å². The SMILES string of the molecule is CCCCCCCCCCCCC(CCCCC(=O)OCCCC)n1ccnc1.[Br-]. The number of unbranched alkanes of at least 4 members (excludes halogenated alkanes) is 11. The van der Waals surface area contributed by atoms with Gasteiger partial charge in [0.2, 0.25) is 0 Å². The minimum atomic E-state index is -0.0349. The van der Waals surface area contributed by atoms with Crippen LogP contribution in [0, 0.1) is 0 Å². The topological polar surface area (TPSA) is 44.1 Å². The van der Waals surface area contributed by atoms with Gasteiger partial charge >= 0.3 is 5.97 Å². The van der Waals surface area contributed by atoms with Gasteiger partial charge in [0.25, 0.3) is 0 Å². The molecule has 5 heteroatoms. The van der Waals surface area contributed by atoms with Gasteiger partial charge in [0, 0.05) is 24.9 Å². The Morgan fingerprint density at radius 1 is 0.833 bits per heavy atom. The number of hydrogen-bond donors (Lipinski definition) is 0. The van der Waals surface area contributed by atoms with Crippen molar-refractivity contribution in [3.63, 3.8) is 0 Å². The molecule has 1 aromatic rings. The van der Waals surface area contributed by atoms with Crippen molar-refractivity contribution in [1.29, 1.82) is 0 Å². The van der Waals surface area contributed by atoms with Crippen LogP contribution in [0.1, 0.15) is 129 Å². The summed E-state index contributed by atoms with van der Waals surface area (Å²) in [7, 11) is 0. The van der Waals surface area contributed by atoms with E-state index in [4.69, 9.17) is 4.74 Å². The van der Waals surface area contributed by atoms with Gasteiger partial charge in [0.1, 0.15) is 0 Å². The maximum absolute atomic E-state index is 11.7. The zero-order valence-electron chi connectivity index (χ0n) is 19.6. The molecule has 0 spiro atoms. The van der Waals surface area contributed by atoms with Gasteiger partial charge in [-0.3, -0.25) is 4.79 Å². The highest BCUT2D eigenvalue weighted by atomic mass is 79.9. The highest BCUT2D eigenvalue weighted by Gasteiger charge is 2.11. The Balaban J connectivity index is 0.00000841. The molecular weight excluding hydrogens is 440 g/mol. The van der Waals surface area contributed by atoms with E-state index in [2.05, 4.69) is 29.6 Å². The zero-order valence-corrected chi connectivity index (χ0v) is 21.2. The summed E-state index contributed by atoms with van der Waals surface area (Å²) >= 11 is 0. The molecule has 0 aromatic carbocycles. The van der Waals surface area contributed by atoms with Crippen molar-refractivity contribution in [3.05, 3.63) is 18.7 Å². The molecule has 0 N–H and O–H groups in total. The quantitative estimate of drug-likeness (QED) is 0.199. The molecule has 0 fully saturated rings. The van der Waals surface area contributed by atoms with E-state index in [0.717, 1.165) is 32.1 Å². The highest BCUT2D eigenvalue weighted by molar-refractivity contribution is 5.69. The number of ether oxygens (including phenoxy) is 1. The van der Waals surface area contributed by atoms with Gasteiger partial charge in [-0.05, 0) is 25.7 Å². The highest BCUT2D eigenvalue weighted by Crippen LogP contribution is 2.23. The van der Waals surface area contributed by atoms with Crippen LogP contribution in [0.15, 0.2) is 18.7 Å². The summed E-state index contributed by atoms with van der Waals surface area (Å²) in [6.07, 6.45) is 26.6. The number of esters is 1. The number of nitrogens with zero attached hydrogens (tertiary/aromatic N) is 2. The van der Waals surface area contributed by atoms with Crippen LogP contribution < -0.4 is 17.0 Å². The van der Waals surface area contributed by atoms with E-state index >= 15 is 0 Å². The van der Waals surface area contributed by atoms with Gasteiger partial charge in [-0.15, -0.1) is 0 Å². The third-order valence-electron chi connectivity index (χ3n) is 5.77. The molecule has 30 heavy (non-hydrogen) atoms. The van der Waals surface area contributed by atoms with Crippen LogP contribution in [-0.2, 0) is 9.53 Å². The van der Waals surface area contributed by atoms with Gasteiger partial charge in [-0.1, -0.05) is 90.9 Å². The lowest BCUT2D eigenvalue weighted by Crippen LogP contribution is -3.00. The van der Waals surface area contributed by atoms with E-state index in [1.54, 1.807) is 0 Å². The van der Waals surface area contributed by atoms with Crippen LogP contribution in [0.2, 0.25) is 0 Å². The molecule has 0 bridgehead atoms. The number of aromatic nitrogens is 2. The van der Waals surface area contributed by atoms with Crippen LogP contribution in [-0.4, -0.2) is 22.1 Å². The Hall–Kier alpha value is -0.840. The largest absolute Gasteiger partial charge is 1.00 e. The van der Waals surface area contributed by atoms with E-state index in [9.17, 15) is 4.79 Å². The molecule has 176 valence electrons. The number of hydrogen-bond acceptors (Lipinski definition) is 3. The Morgan fingerprint density at radius 2 is 1.40 bits per heavy atom.